The lowest BCUT2D eigenvalue weighted by Gasteiger charge is -2.18. The molecule has 152 valence electrons. The number of benzene rings is 1. The van der Waals surface area contributed by atoms with Gasteiger partial charge >= 0.3 is 0 Å². The molecule has 0 radical (unpaired) electrons. The number of carbonyl (C=O) groups excluding carboxylic acids is 2. The number of amides is 2. The number of alkyl halides is 2. The summed E-state index contributed by atoms with van der Waals surface area (Å²) < 4.78 is 31.2. The highest BCUT2D eigenvalue weighted by Gasteiger charge is 2.29. The number of rotatable bonds is 6. The Labute approximate surface area is 170 Å². The Bertz CT molecular complexity index is 974. The average molecular weight is 420 g/mol. The second-order valence-electron chi connectivity index (χ2n) is 6.59. The number of fused-ring (bicyclic) bond motifs is 1. The second kappa shape index (κ2) is 8.61. The van der Waals surface area contributed by atoms with Gasteiger partial charge < -0.3 is 15.0 Å². The van der Waals surface area contributed by atoms with Crippen LogP contribution in [-0.4, -0.2) is 58.4 Å². The highest BCUT2D eigenvalue weighted by Crippen LogP contribution is 2.24. The third kappa shape index (κ3) is 5.12. The summed E-state index contributed by atoms with van der Waals surface area (Å²) in [5.41, 5.74) is 0.726. The predicted octanol–water partition coefficient (Wildman–Crippen LogP) is 2.42. The monoisotopic (exact) mass is 420 g/mol. The number of hydrogen-bond acceptors (Lipinski definition) is 6. The van der Waals surface area contributed by atoms with Gasteiger partial charge in [-0.05, 0) is 24.3 Å². The van der Waals surface area contributed by atoms with Gasteiger partial charge in [0.25, 0.3) is 11.8 Å². The van der Waals surface area contributed by atoms with E-state index in [1.165, 1.54) is 41.1 Å². The first-order valence-electron chi connectivity index (χ1n) is 8.73. The van der Waals surface area contributed by atoms with Crippen LogP contribution in [0.4, 0.5) is 8.78 Å². The summed E-state index contributed by atoms with van der Waals surface area (Å²) in [5.74, 6) is -2.70. The van der Waals surface area contributed by atoms with Gasteiger partial charge in [-0.1, -0.05) is 0 Å². The molecule has 3 rings (SSSR count). The van der Waals surface area contributed by atoms with E-state index < -0.39 is 24.5 Å². The third-order valence-corrected chi connectivity index (χ3v) is 5.21. The molecular formula is C19H18F2N4O3S. The summed E-state index contributed by atoms with van der Waals surface area (Å²) >= 11 is 1.48. The number of aromatic nitrogens is 1. The molecule has 2 amide bonds. The molecule has 0 unspecified atom stereocenters. The van der Waals surface area contributed by atoms with Gasteiger partial charge in [0.2, 0.25) is 5.91 Å². The third-order valence-electron chi connectivity index (χ3n) is 4.20. The molecule has 1 aliphatic heterocycles. The van der Waals surface area contributed by atoms with Gasteiger partial charge in [-0.2, -0.15) is 5.26 Å². The number of carbonyl (C=O) groups is 2. The van der Waals surface area contributed by atoms with Crippen molar-refractivity contribution in [3.8, 4) is 11.8 Å². The zero-order valence-corrected chi connectivity index (χ0v) is 16.3. The smallest absolute Gasteiger partial charge is 0.278 e. The number of hydrogen-bond donors (Lipinski definition) is 1. The lowest BCUT2D eigenvalue weighted by atomic mass is 10.1. The van der Waals surface area contributed by atoms with Gasteiger partial charge in [-0.15, -0.1) is 11.8 Å². The van der Waals surface area contributed by atoms with Gasteiger partial charge in [0, 0.05) is 24.3 Å². The Morgan fingerprint density at radius 1 is 1.45 bits per heavy atom. The molecule has 29 heavy (non-hydrogen) atoms. The number of nitrogens with one attached hydrogen (secondary N) is 1. The van der Waals surface area contributed by atoms with E-state index in [0.29, 0.717) is 22.5 Å². The van der Waals surface area contributed by atoms with E-state index in [9.17, 15) is 18.4 Å². The molecule has 0 spiro atoms. The summed E-state index contributed by atoms with van der Waals surface area (Å²) in [6.07, 6.45) is 1.45. The largest absolute Gasteiger partial charge is 0.487 e. The SMILES string of the molecule is CC(F)(F)COc1ccc2nccc(C(=O)NCC(=O)N3CSC[C@H]3C#N)c2c1. The van der Waals surface area contributed by atoms with E-state index in [1.807, 2.05) is 0 Å². The van der Waals surface area contributed by atoms with Crippen molar-refractivity contribution in [2.75, 3.05) is 24.8 Å². The molecule has 1 aliphatic rings. The number of nitrogens with zero attached hydrogens (tertiary/aromatic N) is 3. The van der Waals surface area contributed by atoms with E-state index in [4.69, 9.17) is 10.00 Å². The van der Waals surface area contributed by atoms with Crippen molar-refractivity contribution in [3.63, 3.8) is 0 Å². The minimum atomic E-state index is -2.99. The summed E-state index contributed by atoms with van der Waals surface area (Å²) in [5, 5.41) is 12.0. The minimum Gasteiger partial charge on any atom is -0.487 e. The highest BCUT2D eigenvalue weighted by atomic mass is 32.2. The number of halogens is 2. The van der Waals surface area contributed by atoms with E-state index >= 15 is 0 Å². The number of pyridine rings is 1. The van der Waals surface area contributed by atoms with Crippen molar-refractivity contribution in [3.05, 3.63) is 36.0 Å². The van der Waals surface area contributed by atoms with Crippen molar-refractivity contribution in [2.45, 2.75) is 18.9 Å². The normalized spacial score (nSPS) is 16.5. The summed E-state index contributed by atoms with van der Waals surface area (Å²) in [7, 11) is 0. The van der Waals surface area contributed by atoms with Crippen LogP contribution in [0.3, 0.4) is 0 Å². The number of nitriles is 1. The first-order chi connectivity index (χ1) is 13.8. The first-order valence-corrected chi connectivity index (χ1v) is 9.88. The van der Waals surface area contributed by atoms with Crippen LogP contribution >= 0.6 is 11.8 Å². The maximum atomic E-state index is 13.0. The minimum absolute atomic E-state index is 0.183. The molecular weight excluding hydrogens is 402 g/mol. The van der Waals surface area contributed by atoms with Crippen molar-refractivity contribution < 1.29 is 23.1 Å². The zero-order chi connectivity index (χ0) is 21.0. The molecule has 7 nitrogen and oxygen atoms in total. The Kier molecular flexibility index (Phi) is 6.17. The Balaban J connectivity index is 1.73. The van der Waals surface area contributed by atoms with Crippen LogP contribution < -0.4 is 10.1 Å². The molecule has 10 heteroatoms. The van der Waals surface area contributed by atoms with E-state index in [2.05, 4.69) is 16.4 Å². The summed E-state index contributed by atoms with van der Waals surface area (Å²) in [4.78, 5) is 30.5. The standard InChI is InChI=1S/C19H18F2N4O3S/c1-19(20,21)10-28-13-2-3-16-15(6-13)14(4-5-23-16)18(27)24-8-17(26)25-11-29-9-12(25)7-22/h2-6,12H,8-11H2,1H3,(H,24,27)/t12-/m1/s1. The highest BCUT2D eigenvalue weighted by molar-refractivity contribution is 7.99. The second-order valence-corrected chi connectivity index (χ2v) is 7.59. The fourth-order valence-electron chi connectivity index (χ4n) is 2.77. The Hall–Kier alpha value is -2.93. The van der Waals surface area contributed by atoms with Crippen LogP contribution in [0.15, 0.2) is 30.5 Å². The lowest BCUT2D eigenvalue weighted by Crippen LogP contribution is -2.42. The van der Waals surface area contributed by atoms with E-state index in [0.717, 1.165) is 6.92 Å². The Morgan fingerprint density at radius 2 is 2.24 bits per heavy atom. The van der Waals surface area contributed by atoms with Gasteiger partial charge in [0.15, 0.2) is 6.61 Å². The van der Waals surface area contributed by atoms with Crippen LogP contribution in [0.25, 0.3) is 10.9 Å². The molecule has 1 aromatic heterocycles. The molecule has 0 aliphatic carbocycles. The Morgan fingerprint density at radius 3 is 2.97 bits per heavy atom. The summed E-state index contributed by atoms with van der Waals surface area (Å²) in [6.45, 7) is -0.288. The quantitative estimate of drug-likeness (QED) is 0.771. The van der Waals surface area contributed by atoms with Crippen molar-refractivity contribution in [1.82, 2.24) is 15.2 Å². The predicted molar refractivity (Wildman–Crippen MR) is 104 cm³/mol. The van der Waals surface area contributed by atoms with Crippen molar-refractivity contribution >= 4 is 34.5 Å². The molecule has 2 heterocycles. The van der Waals surface area contributed by atoms with Crippen LogP contribution in [0.5, 0.6) is 5.75 Å². The van der Waals surface area contributed by atoms with Crippen LogP contribution in [0, 0.1) is 11.3 Å². The van der Waals surface area contributed by atoms with Crippen LogP contribution in [0.1, 0.15) is 17.3 Å². The fraction of sp³-hybridized carbons (Fsp3) is 0.368. The number of thioether (sulfide) groups is 1. The van der Waals surface area contributed by atoms with Gasteiger partial charge in [-0.25, -0.2) is 8.78 Å². The van der Waals surface area contributed by atoms with Crippen molar-refractivity contribution in [1.29, 1.82) is 5.26 Å². The van der Waals surface area contributed by atoms with Crippen LogP contribution in [-0.2, 0) is 4.79 Å². The number of ether oxygens (including phenoxy) is 1. The lowest BCUT2D eigenvalue weighted by molar-refractivity contribution is -0.129. The molecule has 1 fully saturated rings. The first kappa shape index (κ1) is 20.8. The van der Waals surface area contributed by atoms with Crippen LogP contribution in [0.2, 0.25) is 0 Å². The molecule has 1 saturated heterocycles. The molecule has 1 aromatic carbocycles. The average Bonchev–Trinajstić information content (AvgIpc) is 3.18. The molecule has 1 N–H and O–H groups in total. The maximum Gasteiger partial charge on any atom is 0.278 e. The zero-order valence-electron chi connectivity index (χ0n) is 15.5. The maximum absolute atomic E-state index is 13.0. The summed E-state index contributed by atoms with van der Waals surface area (Å²) in [6, 6.07) is 7.58. The fourth-order valence-corrected chi connectivity index (χ4v) is 3.88. The topological polar surface area (TPSA) is 95.3 Å². The molecule has 2 aromatic rings. The molecule has 1 atom stereocenters. The van der Waals surface area contributed by atoms with Gasteiger partial charge in [0.05, 0.1) is 29.6 Å². The van der Waals surface area contributed by atoms with Gasteiger partial charge in [-0.3, -0.25) is 14.6 Å². The molecule has 0 bridgehead atoms. The van der Waals surface area contributed by atoms with E-state index in [-0.39, 0.29) is 23.8 Å². The van der Waals surface area contributed by atoms with E-state index in [1.54, 1.807) is 6.07 Å². The van der Waals surface area contributed by atoms with Crippen molar-refractivity contribution in [2.24, 2.45) is 0 Å². The van der Waals surface area contributed by atoms with Gasteiger partial charge in [0.1, 0.15) is 11.8 Å². The molecule has 0 saturated carbocycles.